The zero-order valence-corrected chi connectivity index (χ0v) is 7.63. The van der Waals surface area contributed by atoms with E-state index in [4.69, 9.17) is 5.26 Å². The molecule has 0 radical (unpaired) electrons. The number of benzene rings is 1. The van der Waals surface area contributed by atoms with Gasteiger partial charge in [0.2, 0.25) is 0 Å². The summed E-state index contributed by atoms with van der Waals surface area (Å²) in [6.45, 7) is 0. The third kappa shape index (κ3) is 1.50. The van der Waals surface area contributed by atoms with Crippen molar-refractivity contribution >= 4 is 0 Å². The number of nitriles is 1. The molecular formula is C9H3F3N4. The molecule has 1 N–H and O–H groups in total. The van der Waals surface area contributed by atoms with Crippen molar-refractivity contribution in [2.75, 3.05) is 0 Å². The molecule has 7 heteroatoms. The van der Waals surface area contributed by atoms with Crippen LogP contribution in [0.25, 0.3) is 11.3 Å². The van der Waals surface area contributed by atoms with E-state index in [0.717, 1.165) is 12.1 Å². The number of nitrogens with one attached hydrogen (secondary N) is 1. The Kier molecular flexibility index (Phi) is 2.32. The number of rotatable bonds is 1. The maximum Gasteiger partial charge on any atom is 0.194 e. The van der Waals surface area contributed by atoms with Crippen molar-refractivity contribution in [2.45, 2.75) is 0 Å². The second-order valence-corrected chi connectivity index (χ2v) is 2.90. The Morgan fingerprint density at radius 2 is 1.81 bits per heavy atom. The Hall–Kier alpha value is -2.36. The highest BCUT2D eigenvalue weighted by Gasteiger charge is 2.15. The lowest BCUT2D eigenvalue weighted by Gasteiger charge is -1.99. The second kappa shape index (κ2) is 3.66. The van der Waals surface area contributed by atoms with Gasteiger partial charge in [-0.05, 0) is 12.1 Å². The lowest BCUT2D eigenvalue weighted by molar-refractivity contribution is 0.447. The van der Waals surface area contributed by atoms with Crippen LogP contribution in [0.15, 0.2) is 12.1 Å². The van der Waals surface area contributed by atoms with Gasteiger partial charge in [0.25, 0.3) is 0 Å². The van der Waals surface area contributed by atoms with Crippen molar-refractivity contribution in [3.05, 3.63) is 35.3 Å². The fourth-order valence-electron chi connectivity index (χ4n) is 1.20. The first-order valence-electron chi connectivity index (χ1n) is 4.09. The van der Waals surface area contributed by atoms with Crippen molar-refractivity contribution in [1.29, 1.82) is 5.26 Å². The minimum atomic E-state index is -1.56. The molecule has 4 nitrogen and oxygen atoms in total. The molecule has 80 valence electrons. The monoisotopic (exact) mass is 224 g/mol. The average molecular weight is 224 g/mol. The van der Waals surface area contributed by atoms with Crippen LogP contribution in [0.4, 0.5) is 13.2 Å². The quantitative estimate of drug-likeness (QED) is 0.750. The van der Waals surface area contributed by atoms with Crippen LogP contribution < -0.4 is 0 Å². The van der Waals surface area contributed by atoms with Crippen LogP contribution in [0.5, 0.6) is 0 Å². The largest absolute Gasteiger partial charge is 0.247 e. The number of hydrogen-bond acceptors (Lipinski definition) is 3. The zero-order chi connectivity index (χ0) is 11.7. The van der Waals surface area contributed by atoms with E-state index in [9.17, 15) is 13.2 Å². The Morgan fingerprint density at radius 3 is 2.38 bits per heavy atom. The summed E-state index contributed by atoms with van der Waals surface area (Å²) >= 11 is 0. The predicted octanol–water partition coefficient (Wildman–Crippen LogP) is 1.76. The molecule has 0 fully saturated rings. The molecule has 1 aromatic carbocycles. The van der Waals surface area contributed by atoms with Gasteiger partial charge in [-0.15, -0.1) is 5.10 Å². The lowest BCUT2D eigenvalue weighted by atomic mass is 10.1. The van der Waals surface area contributed by atoms with Crippen LogP contribution in [0.2, 0.25) is 0 Å². The molecule has 1 aromatic heterocycles. The van der Waals surface area contributed by atoms with E-state index in [0.29, 0.717) is 0 Å². The molecule has 0 saturated heterocycles. The highest BCUT2D eigenvalue weighted by Crippen LogP contribution is 2.23. The summed E-state index contributed by atoms with van der Waals surface area (Å²) in [5.41, 5.74) is -0.132. The molecule has 2 rings (SSSR count). The molecular weight excluding hydrogens is 221 g/mol. The van der Waals surface area contributed by atoms with Gasteiger partial charge < -0.3 is 0 Å². The fraction of sp³-hybridized carbons (Fsp3) is 0. The summed E-state index contributed by atoms with van der Waals surface area (Å²) in [5.74, 6) is -4.26. The normalized spacial score (nSPS) is 10.1. The van der Waals surface area contributed by atoms with E-state index >= 15 is 0 Å². The molecule has 0 unspecified atom stereocenters. The number of aromatic nitrogens is 3. The van der Waals surface area contributed by atoms with Gasteiger partial charge in [0.1, 0.15) is 11.8 Å². The molecule has 1 heterocycles. The van der Waals surface area contributed by atoms with E-state index in [1.165, 1.54) is 0 Å². The molecule has 16 heavy (non-hydrogen) atoms. The number of hydrogen-bond donors (Lipinski definition) is 1. The molecule has 0 aliphatic carbocycles. The van der Waals surface area contributed by atoms with Crippen molar-refractivity contribution in [3.63, 3.8) is 0 Å². The summed E-state index contributed by atoms with van der Waals surface area (Å²) in [7, 11) is 0. The molecule has 0 amide bonds. The number of H-pyrrole nitrogens is 1. The van der Waals surface area contributed by atoms with Gasteiger partial charge in [-0.3, -0.25) is 0 Å². The van der Waals surface area contributed by atoms with Gasteiger partial charge in [-0.25, -0.2) is 18.3 Å². The highest BCUT2D eigenvalue weighted by atomic mass is 19.2. The molecule has 2 aromatic rings. The molecule has 0 saturated carbocycles. The van der Waals surface area contributed by atoms with Crippen molar-refractivity contribution in [3.8, 4) is 17.3 Å². The van der Waals surface area contributed by atoms with Gasteiger partial charge in [-0.1, -0.05) is 5.21 Å². The lowest BCUT2D eigenvalue weighted by Crippen LogP contribution is -1.93. The second-order valence-electron chi connectivity index (χ2n) is 2.90. The van der Waals surface area contributed by atoms with Crippen molar-refractivity contribution < 1.29 is 13.2 Å². The summed E-state index contributed by atoms with van der Waals surface area (Å²) in [6, 6.07) is 3.20. The Bertz CT molecular complexity index is 562. The van der Waals surface area contributed by atoms with E-state index in [2.05, 4.69) is 15.4 Å². The van der Waals surface area contributed by atoms with Crippen molar-refractivity contribution in [1.82, 2.24) is 15.4 Å². The summed E-state index contributed by atoms with van der Waals surface area (Å²) in [5, 5.41) is 17.7. The molecule has 0 atom stereocenters. The fourth-order valence-corrected chi connectivity index (χ4v) is 1.20. The van der Waals surface area contributed by atoms with Crippen LogP contribution in [0, 0.1) is 28.8 Å². The number of aromatic amines is 1. The third-order valence-corrected chi connectivity index (χ3v) is 1.92. The Morgan fingerprint density at radius 1 is 1.19 bits per heavy atom. The number of nitrogens with zero attached hydrogens (tertiary/aromatic N) is 3. The van der Waals surface area contributed by atoms with Gasteiger partial charge >= 0.3 is 0 Å². The molecule has 0 bridgehead atoms. The zero-order valence-electron chi connectivity index (χ0n) is 7.63. The van der Waals surface area contributed by atoms with Gasteiger partial charge in [0.05, 0.1) is 0 Å². The maximum atomic E-state index is 12.9. The summed E-state index contributed by atoms with van der Waals surface area (Å²) in [6.07, 6.45) is 0. The summed E-state index contributed by atoms with van der Waals surface area (Å²) in [4.78, 5) is 0. The molecule has 0 aliphatic heterocycles. The predicted molar refractivity (Wildman–Crippen MR) is 46.4 cm³/mol. The van der Waals surface area contributed by atoms with E-state index in [1.54, 1.807) is 6.07 Å². The molecule has 0 spiro atoms. The number of halogens is 3. The van der Waals surface area contributed by atoms with E-state index in [-0.39, 0.29) is 17.0 Å². The first-order valence-corrected chi connectivity index (χ1v) is 4.09. The minimum absolute atomic E-state index is 0.0275. The van der Waals surface area contributed by atoms with E-state index in [1.807, 2.05) is 0 Å². The highest BCUT2D eigenvalue weighted by molar-refractivity contribution is 5.64. The van der Waals surface area contributed by atoms with Crippen LogP contribution in [-0.4, -0.2) is 15.4 Å². The van der Waals surface area contributed by atoms with Crippen LogP contribution in [0.1, 0.15) is 5.69 Å². The maximum absolute atomic E-state index is 12.9. The average Bonchev–Trinajstić information content (AvgIpc) is 2.73. The first kappa shape index (κ1) is 10.2. The van der Waals surface area contributed by atoms with Crippen molar-refractivity contribution in [2.24, 2.45) is 0 Å². The standard InChI is InChI=1S/C9H3F3N4/c10-5-1-4(2-6(11)8(5)12)9-7(3-13)14-16-15-9/h1-2H,(H,14,15,16). The topological polar surface area (TPSA) is 65.4 Å². The third-order valence-electron chi connectivity index (χ3n) is 1.92. The van der Waals surface area contributed by atoms with E-state index < -0.39 is 17.5 Å². The summed E-state index contributed by atoms with van der Waals surface area (Å²) < 4.78 is 38.5. The van der Waals surface area contributed by atoms with Gasteiger partial charge in [-0.2, -0.15) is 5.26 Å². The Labute approximate surface area is 87.3 Å². The van der Waals surface area contributed by atoms with Gasteiger partial charge in [0, 0.05) is 5.56 Å². The first-order chi connectivity index (χ1) is 7.63. The van der Waals surface area contributed by atoms with Crippen LogP contribution >= 0.6 is 0 Å². The van der Waals surface area contributed by atoms with Crippen LogP contribution in [-0.2, 0) is 0 Å². The smallest absolute Gasteiger partial charge is 0.194 e. The molecule has 0 aliphatic rings. The minimum Gasteiger partial charge on any atom is -0.247 e. The SMILES string of the molecule is N#Cc1[nH]nnc1-c1cc(F)c(F)c(F)c1. The van der Waals surface area contributed by atoms with Gasteiger partial charge in [0.15, 0.2) is 23.1 Å². The van der Waals surface area contributed by atoms with Crippen LogP contribution in [0.3, 0.4) is 0 Å². The Balaban J connectivity index is 2.62.